The lowest BCUT2D eigenvalue weighted by molar-refractivity contribution is -0.136. The van der Waals surface area contributed by atoms with Gasteiger partial charge in [0.05, 0.1) is 12.2 Å². The average molecular weight is 337 g/mol. The summed E-state index contributed by atoms with van der Waals surface area (Å²) in [5.41, 5.74) is 0. The number of ether oxygens (including phenoxy) is 1. The monoisotopic (exact) mass is 337 g/mol. The fourth-order valence-corrected chi connectivity index (χ4v) is 3.90. The van der Waals surface area contributed by atoms with E-state index in [1.54, 1.807) is 0 Å². The van der Waals surface area contributed by atoms with Crippen molar-refractivity contribution in [2.75, 3.05) is 39.3 Å². The molecule has 0 bridgehead atoms. The fraction of sp³-hybridized carbons (Fsp3) is 0.889. The molecule has 0 aromatic heterocycles. The van der Waals surface area contributed by atoms with Crippen molar-refractivity contribution in [1.29, 1.82) is 0 Å². The van der Waals surface area contributed by atoms with Crippen molar-refractivity contribution in [1.82, 2.24) is 15.1 Å². The van der Waals surface area contributed by atoms with Crippen LogP contribution in [0.15, 0.2) is 0 Å². The third-order valence-corrected chi connectivity index (χ3v) is 5.33. The Balaban J connectivity index is 1.33. The number of morpholine rings is 1. The van der Waals surface area contributed by atoms with Crippen LogP contribution < -0.4 is 5.32 Å². The van der Waals surface area contributed by atoms with Gasteiger partial charge in [-0.1, -0.05) is 0 Å². The molecule has 136 valence electrons. The van der Waals surface area contributed by atoms with E-state index in [4.69, 9.17) is 4.74 Å². The van der Waals surface area contributed by atoms with E-state index in [-0.39, 0.29) is 30.0 Å². The molecular weight excluding hydrogens is 306 g/mol. The molecule has 3 rings (SSSR count). The van der Waals surface area contributed by atoms with Crippen LogP contribution in [0.5, 0.6) is 0 Å². The summed E-state index contributed by atoms with van der Waals surface area (Å²) in [6.07, 6.45) is 4.23. The Labute approximate surface area is 144 Å². The van der Waals surface area contributed by atoms with Gasteiger partial charge >= 0.3 is 0 Å². The van der Waals surface area contributed by atoms with Crippen molar-refractivity contribution in [2.24, 2.45) is 11.8 Å². The quantitative estimate of drug-likeness (QED) is 0.808. The predicted octanol–water partition coefficient (Wildman–Crippen LogP) is 0.860. The molecule has 1 aliphatic carbocycles. The normalized spacial score (nSPS) is 29.5. The first kappa shape index (κ1) is 17.7. The summed E-state index contributed by atoms with van der Waals surface area (Å²) in [4.78, 5) is 28.7. The van der Waals surface area contributed by atoms with Crippen LogP contribution in [-0.2, 0) is 14.3 Å². The molecule has 2 aliphatic heterocycles. The van der Waals surface area contributed by atoms with Crippen LogP contribution in [0.25, 0.3) is 0 Å². The van der Waals surface area contributed by atoms with Crippen molar-refractivity contribution in [3.05, 3.63) is 0 Å². The molecule has 0 aromatic carbocycles. The molecule has 1 saturated carbocycles. The molecule has 1 N–H and O–H groups in total. The number of nitrogens with one attached hydrogen (secondary N) is 1. The molecule has 2 heterocycles. The molecule has 0 unspecified atom stereocenters. The summed E-state index contributed by atoms with van der Waals surface area (Å²) in [5, 5.41) is 3.08. The summed E-state index contributed by atoms with van der Waals surface area (Å²) in [6, 6.07) is 0. The van der Waals surface area contributed by atoms with Gasteiger partial charge in [-0.25, -0.2) is 0 Å². The number of carbonyl (C=O) groups is 2. The lowest BCUT2D eigenvalue weighted by Crippen LogP contribution is -2.49. The van der Waals surface area contributed by atoms with Crippen LogP contribution in [0.4, 0.5) is 0 Å². The van der Waals surface area contributed by atoms with E-state index in [2.05, 4.69) is 24.1 Å². The third-order valence-electron chi connectivity index (χ3n) is 5.33. The number of amides is 2. The predicted molar refractivity (Wildman–Crippen MR) is 91.5 cm³/mol. The average Bonchev–Trinajstić information content (AvgIpc) is 3.38. The van der Waals surface area contributed by atoms with Gasteiger partial charge in [-0.2, -0.15) is 0 Å². The molecule has 3 fully saturated rings. The summed E-state index contributed by atoms with van der Waals surface area (Å²) >= 11 is 0. The van der Waals surface area contributed by atoms with Crippen LogP contribution >= 0.6 is 0 Å². The zero-order valence-electron chi connectivity index (χ0n) is 15.0. The highest BCUT2D eigenvalue weighted by molar-refractivity contribution is 5.82. The van der Waals surface area contributed by atoms with Gasteiger partial charge in [-0.3, -0.25) is 14.5 Å². The highest BCUT2D eigenvalue weighted by atomic mass is 16.5. The molecule has 0 spiro atoms. The second-order valence-electron chi connectivity index (χ2n) is 7.68. The first-order valence-electron chi connectivity index (χ1n) is 9.47. The number of likely N-dealkylation sites (tertiary alicyclic amines) is 1. The Hall–Kier alpha value is -1.14. The topological polar surface area (TPSA) is 61.9 Å². The van der Waals surface area contributed by atoms with E-state index >= 15 is 0 Å². The van der Waals surface area contributed by atoms with Gasteiger partial charge in [0.25, 0.3) is 0 Å². The van der Waals surface area contributed by atoms with Crippen LogP contribution in [0.1, 0.15) is 39.5 Å². The maximum absolute atomic E-state index is 12.3. The van der Waals surface area contributed by atoms with Crippen molar-refractivity contribution in [3.63, 3.8) is 0 Å². The lowest BCUT2D eigenvalue weighted by Gasteiger charge is -2.35. The Morgan fingerprint density at radius 1 is 1.00 bits per heavy atom. The second kappa shape index (κ2) is 7.83. The summed E-state index contributed by atoms with van der Waals surface area (Å²) in [5.74, 6) is 0.816. The molecular formula is C18H31N3O3. The first-order chi connectivity index (χ1) is 11.5. The minimum atomic E-state index is 0.0655. The van der Waals surface area contributed by atoms with Gasteiger partial charge in [-0.15, -0.1) is 0 Å². The zero-order valence-corrected chi connectivity index (χ0v) is 15.0. The van der Waals surface area contributed by atoms with Crippen LogP contribution in [0, 0.1) is 11.8 Å². The zero-order chi connectivity index (χ0) is 17.1. The molecule has 6 heteroatoms. The maximum atomic E-state index is 12.3. The van der Waals surface area contributed by atoms with Gasteiger partial charge in [0.15, 0.2) is 0 Å². The van der Waals surface area contributed by atoms with E-state index in [9.17, 15) is 9.59 Å². The van der Waals surface area contributed by atoms with Crippen molar-refractivity contribution >= 4 is 11.8 Å². The SMILES string of the molecule is C[C@@H]1CN(CCNC(=O)C2CCN(C(=O)C3CC3)CC2)C[C@@H](C)O1. The Morgan fingerprint density at radius 3 is 2.21 bits per heavy atom. The molecule has 2 atom stereocenters. The second-order valence-corrected chi connectivity index (χ2v) is 7.68. The lowest BCUT2D eigenvalue weighted by atomic mass is 9.95. The highest BCUT2D eigenvalue weighted by Crippen LogP contribution is 2.32. The Morgan fingerprint density at radius 2 is 1.62 bits per heavy atom. The molecule has 2 amide bonds. The molecule has 3 aliphatic rings. The largest absolute Gasteiger partial charge is 0.373 e. The first-order valence-corrected chi connectivity index (χ1v) is 9.47. The van der Waals surface area contributed by atoms with Crippen LogP contribution in [-0.4, -0.2) is 73.1 Å². The molecule has 24 heavy (non-hydrogen) atoms. The van der Waals surface area contributed by atoms with Gasteiger partial charge in [-0.05, 0) is 39.5 Å². The molecule has 0 radical (unpaired) electrons. The molecule has 2 saturated heterocycles. The van der Waals surface area contributed by atoms with Crippen molar-refractivity contribution in [2.45, 2.75) is 51.7 Å². The minimum Gasteiger partial charge on any atom is -0.373 e. The third kappa shape index (κ3) is 4.70. The van der Waals surface area contributed by atoms with E-state index in [0.29, 0.717) is 12.5 Å². The minimum absolute atomic E-state index is 0.0655. The Kier molecular flexibility index (Phi) is 5.76. The van der Waals surface area contributed by atoms with Gasteiger partial charge < -0.3 is 15.0 Å². The van der Waals surface area contributed by atoms with E-state index in [0.717, 1.165) is 58.4 Å². The summed E-state index contributed by atoms with van der Waals surface area (Å²) in [7, 11) is 0. The van der Waals surface area contributed by atoms with Crippen LogP contribution in [0.2, 0.25) is 0 Å². The van der Waals surface area contributed by atoms with Crippen LogP contribution in [0.3, 0.4) is 0 Å². The number of piperidine rings is 1. The van der Waals surface area contributed by atoms with E-state index in [1.165, 1.54) is 0 Å². The van der Waals surface area contributed by atoms with E-state index in [1.807, 2.05) is 4.90 Å². The van der Waals surface area contributed by atoms with Crippen molar-refractivity contribution < 1.29 is 14.3 Å². The van der Waals surface area contributed by atoms with E-state index < -0.39 is 0 Å². The van der Waals surface area contributed by atoms with Gasteiger partial charge in [0.2, 0.25) is 11.8 Å². The highest BCUT2D eigenvalue weighted by Gasteiger charge is 2.35. The number of hydrogen-bond acceptors (Lipinski definition) is 4. The molecule has 6 nitrogen and oxygen atoms in total. The number of nitrogens with zero attached hydrogens (tertiary/aromatic N) is 2. The Bertz CT molecular complexity index is 448. The van der Waals surface area contributed by atoms with Gasteiger partial charge in [0, 0.05) is 51.1 Å². The fourth-order valence-electron chi connectivity index (χ4n) is 3.90. The maximum Gasteiger partial charge on any atom is 0.225 e. The summed E-state index contributed by atoms with van der Waals surface area (Å²) in [6.45, 7) is 9.11. The van der Waals surface area contributed by atoms with Gasteiger partial charge in [0.1, 0.15) is 0 Å². The number of rotatable bonds is 5. The number of hydrogen-bond donors (Lipinski definition) is 1. The smallest absolute Gasteiger partial charge is 0.225 e. The number of carbonyl (C=O) groups excluding carboxylic acids is 2. The summed E-state index contributed by atoms with van der Waals surface area (Å²) < 4.78 is 5.73. The standard InChI is InChI=1S/C18H31N3O3/c1-13-11-20(12-14(2)24-13)10-7-19-17(22)15-5-8-21(9-6-15)18(23)16-3-4-16/h13-16H,3-12H2,1-2H3,(H,19,22)/t13-,14-/m1/s1. The molecule has 0 aromatic rings. The van der Waals surface area contributed by atoms with Crippen molar-refractivity contribution in [3.8, 4) is 0 Å².